The van der Waals surface area contributed by atoms with Crippen LogP contribution in [0.5, 0.6) is 0 Å². The summed E-state index contributed by atoms with van der Waals surface area (Å²) in [6.45, 7) is 9.99. The molecule has 1 amide bonds. The van der Waals surface area contributed by atoms with Crippen molar-refractivity contribution in [3.8, 4) is 0 Å². The fourth-order valence-electron chi connectivity index (χ4n) is 2.29. The molecule has 1 unspecified atom stereocenters. The van der Waals surface area contributed by atoms with Gasteiger partial charge < -0.3 is 15.0 Å². The molecule has 1 N–H and O–H groups in total. The molecule has 0 bridgehead atoms. The standard InChI is InChI=1S/C14H28N2O2/c1-4-8-18-11-14(17)16(9-12(2)3)10-13-6-5-7-15-13/h12-13,15H,4-11H2,1-3H3. The SMILES string of the molecule is CCCOCC(=O)N(CC(C)C)CC1CCCN1. The van der Waals surface area contributed by atoms with Gasteiger partial charge in [0.15, 0.2) is 0 Å². The van der Waals surface area contributed by atoms with Crippen molar-refractivity contribution in [1.82, 2.24) is 10.2 Å². The Morgan fingerprint density at radius 1 is 1.50 bits per heavy atom. The lowest BCUT2D eigenvalue weighted by atomic mass is 10.1. The van der Waals surface area contributed by atoms with Crippen LogP contribution in [-0.4, -0.2) is 49.7 Å². The maximum absolute atomic E-state index is 12.1. The van der Waals surface area contributed by atoms with Crippen LogP contribution in [-0.2, 0) is 9.53 Å². The van der Waals surface area contributed by atoms with Gasteiger partial charge in [-0.05, 0) is 31.7 Å². The highest BCUT2D eigenvalue weighted by Gasteiger charge is 2.21. The Balaban J connectivity index is 2.39. The Morgan fingerprint density at radius 3 is 2.83 bits per heavy atom. The predicted molar refractivity (Wildman–Crippen MR) is 73.6 cm³/mol. The summed E-state index contributed by atoms with van der Waals surface area (Å²) in [5.41, 5.74) is 0. The summed E-state index contributed by atoms with van der Waals surface area (Å²) < 4.78 is 5.36. The lowest BCUT2D eigenvalue weighted by molar-refractivity contribution is -0.137. The topological polar surface area (TPSA) is 41.6 Å². The van der Waals surface area contributed by atoms with Gasteiger partial charge in [0.2, 0.25) is 5.91 Å². The molecule has 106 valence electrons. The molecule has 0 aromatic carbocycles. The first-order valence-corrected chi connectivity index (χ1v) is 7.22. The number of ether oxygens (including phenoxy) is 1. The third kappa shape index (κ3) is 5.83. The van der Waals surface area contributed by atoms with E-state index in [4.69, 9.17) is 4.74 Å². The van der Waals surface area contributed by atoms with E-state index >= 15 is 0 Å². The third-order valence-electron chi connectivity index (χ3n) is 3.12. The van der Waals surface area contributed by atoms with E-state index in [9.17, 15) is 4.79 Å². The molecule has 0 aromatic rings. The summed E-state index contributed by atoms with van der Waals surface area (Å²) in [4.78, 5) is 14.1. The van der Waals surface area contributed by atoms with Crippen molar-refractivity contribution >= 4 is 5.91 Å². The largest absolute Gasteiger partial charge is 0.372 e. The summed E-state index contributed by atoms with van der Waals surface area (Å²) in [5, 5.41) is 3.45. The summed E-state index contributed by atoms with van der Waals surface area (Å²) in [6.07, 6.45) is 3.36. The summed E-state index contributed by atoms with van der Waals surface area (Å²) in [6, 6.07) is 0.471. The van der Waals surface area contributed by atoms with Crippen molar-refractivity contribution in [3.05, 3.63) is 0 Å². The highest BCUT2D eigenvalue weighted by Crippen LogP contribution is 2.09. The number of nitrogens with zero attached hydrogens (tertiary/aromatic N) is 1. The fourth-order valence-corrected chi connectivity index (χ4v) is 2.29. The summed E-state index contributed by atoms with van der Waals surface area (Å²) >= 11 is 0. The molecule has 18 heavy (non-hydrogen) atoms. The number of hydrogen-bond donors (Lipinski definition) is 1. The Labute approximate surface area is 111 Å². The molecule has 4 nitrogen and oxygen atoms in total. The lowest BCUT2D eigenvalue weighted by Gasteiger charge is -2.27. The molecule has 1 fully saturated rings. The predicted octanol–water partition coefficient (Wildman–Crippen LogP) is 1.65. The Morgan fingerprint density at radius 2 is 2.28 bits per heavy atom. The maximum Gasteiger partial charge on any atom is 0.248 e. The molecule has 4 heteroatoms. The first kappa shape index (κ1) is 15.4. The van der Waals surface area contributed by atoms with Gasteiger partial charge in [0.1, 0.15) is 6.61 Å². The quantitative estimate of drug-likeness (QED) is 0.671. The van der Waals surface area contributed by atoms with Crippen LogP contribution in [0.4, 0.5) is 0 Å². The minimum Gasteiger partial charge on any atom is -0.372 e. The van der Waals surface area contributed by atoms with Gasteiger partial charge in [0.25, 0.3) is 0 Å². The highest BCUT2D eigenvalue weighted by atomic mass is 16.5. The van der Waals surface area contributed by atoms with Gasteiger partial charge >= 0.3 is 0 Å². The van der Waals surface area contributed by atoms with Gasteiger partial charge in [0, 0.05) is 25.7 Å². The molecule has 1 atom stereocenters. The average Bonchev–Trinajstić information content (AvgIpc) is 2.80. The van der Waals surface area contributed by atoms with Gasteiger partial charge in [0.05, 0.1) is 0 Å². The van der Waals surface area contributed by atoms with E-state index in [0.29, 0.717) is 18.6 Å². The fraction of sp³-hybridized carbons (Fsp3) is 0.929. The van der Waals surface area contributed by atoms with E-state index in [-0.39, 0.29) is 12.5 Å². The number of amides is 1. The molecule has 1 heterocycles. The van der Waals surface area contributed by atoms with Gasteiger partial charge in [-0.25, -0.2) is 0 Å². The van der Waals surface area contributed by atoms with Crippen molar-refractivity contribution in [2.45, 2.75) is 46.1 Å². The van der Waals surface area contributed by atoms with Gasteiger partial charge in [-0.3, -0.25) is 4.79 Å². The first-order valence-electron chi connectivity index (χ1n) is 7.22. The second kappa shape index (κ2) is 8.48. The molecule has 0 radical (unpaired) electrons. The smallest absolute Gasteiger partial charge is 0.248 e. The summed E-state index contributed by atoms with van der Waals surface area (Å²) in [5.74, 6) is 0.632. The Bertz CT molecular complexity index is 238. The van der Waals surface area contributed by atoms with Crippen LogP contribution >= 0.6 is 0 Å². The third-order valence-corrected chi connectivity index (χ3v) is 3.12. The first-order chi connectivity index (χ1) is 8.63. The molecule has 0 aromatic heterocycles. The van der Waals surface area contributed by atoms with Crippen LogP contribution in [0.1, 0.15) is 40.0 Å². The Hall–Kier alpha value is -0.610. The minimum atomic E-state index is 0.130. The molecular formula is C14H28N2O2. The summed E-state index contributed by atoms with van der Waals surface area (Å²) in [7, 11) is 0. The maximum atomic E-state index is 12.1. The number of rotatable bonds is 8. The highest BCUT2D eigenvalue weighted by molar-refractivity contribution is 5.77. The average molecular weight is 256 g/mol. The number of carbonyl (C=O) groups is 1. The molecule has 1 aliphatic rings. The van der Waals surface area contributed by atoms with Crippen molar-refractivity contribution < 1.29 is 9.53 Å². The van der Waals surface area contributed by atoms with E-state index in [1.807, 2.05) is 4.90 Å². The monoisotopic (exact) mass is 256 g/mol. The van der Waals surface area contributed by atoms with Crippen LogP contribution in [0.25, 0.3) is 0 Å². The van der Waals surface area contributed by atoms with Gasteiger partial charge in [-0.2, -0.15) is 0 Å². The van der Waals surface area contributed by atoms with Gasteiger partial charge in [-0.15, -0.1) is 0 Å². The zero-order valence-corrected chi connectivity index (χ0v) is 12.1. The molecule has 0 spiro atoms. The van der Waals surface area contributed by atoms with Crippen LogP contribution in [0.15, 0.2) is 0 Å². The zero-order chi connectivity index (χ0) is 13.4. The van der Waals surface area contributed by atoms with Crippen LogP contribution < -0.4 is 5.32 Å². The molecule has 0 saturated carbocycles. The molecule has 1 saturated heterocycles. The zero-order valence-electron chi connectivity index (χ0n) is 12.1. The van der Waals surface area contributed by atoms with Gasteiger partial charge in [-0.1, -0.05) is 20.8 Å². The van der Waals surface area contributed by atoms with Crippen molar-refractivity contribution in [1.29, 1.82) is 0 Å². The van der Waals surface area contributed by atoms with E-state index < -0.39 is 0 Å². The molecule has 1 aliphatic heterocycles. The minimum absolute atomic E-state index is 0.130. The van der Waals surface area contributed by atoms with Crippen molar-refractivity contribution in [2.75, 3.05) is 32.8 Å². The number of carbonyl (C=O) groups excluding carboxylic acids is 1. The lowest BCUT2D eigenvalue weighted by Crippen LogP contribution is -2.44. The Kier molecular flexibility index (Phi) is 7.28. The number of hydrogen-bond acceptors (Lipinski definition) is 3. The van der Waals surface area contributed by atoms with Crippen LogP contribution in [0.2, 0.25) is 0 Å². The van der Waals surface area contributed by atoms with Crippen molar-refractivity contribution in [2.24, 2.45) is 5.92 Å². The van der Waals surface area contributed by atoms with E-state index in [1.54, 1.807) is 0 Å². The second-order valence-electron chi connectivity index (χ2n) is 5.54. The van der Waals surface area contributed by atoms with E-state index in [0.717, 1.165) is 26.1 Å². The van der Waals surface area contributed by atoms with Crippen molar-refractivity contribution in [3.63, 3.8) is 0 Å². The van der Waals surface area contributed by atoms with E-state index in [2.05, 4.69) is 26.1 Å². The normalized spacial score (nSPS) is 19.4. The number of nitrogens with one attached hydrogen (secondary N) is 1. The molecule has 1 rings (SSSR count). The van der Waals surface area contributed by atoms with E-state index in [1.165, 1.54) is 12.8 Å². The van der Waals surface area contributed by atoms with Crippen LogP contribution in [0, 0.1) is 5.92 Å². The van der Waals surface area contributed by atoms with Crippen LogP contribution in [0.3, 0.4) is 0 Å². The molecule has 0 aliphatic carbocycles. The second-order valence-corrected chi connectivity index (χ2v) is 5.54. The molecular weight excluding hydrogens is 228 g/mol.